The van der Waals surface area contributed by atoms with Crippen molar-refractivity contribution in [2.75, 3.05) is 0 Å². The summed E-state index contributed by atoms with van der Waals surface area (Å²) in [5.74, 6) is 0. The Morgan fingerprint density at radius 2 is 1.71 bits per heavy atom. The van der Waals surface area contributed by atoms with Crippen LogP contribution in [0.5, 0.6) is 0 Å². The molecule has 3 heteroatoms. The fourth-order valence-corrected chi connectivity index (χ4v) is 3.09. The van der Waals surface area contributed by atoms with Crippen molar-refractivity contribution in [3.05, 3.63) is 90.4 Å². The summed E-state index contributed by atoms with van der Waals surface area (Å²) in [4.78, 5) is 7.33. The first-order valence-electron chi connectivity index (χ1n) is 8.05. The van der Waals surface area contributed by atoms with Crippen molar-refractivity contribution in [1.82, 2.24) is 9.97 Å². The number of aromatic amines is 1. The van der Waals surface area contributed by atoms with E-state index in [4.69, 9.17) is 0 Å². The summed E-state index contributed by atoms with van der Waals surface area (Å²) in [6, 6.07) is 20.3. The maximum atomic E-state index is 10.7. The fraction of sp³-hybridized carbons (Fsp3) is 0.0952. The molecule has 3 nitrogen and oxygen atoms in total. The largest absolute Gasteiger partial charge is 0.388 e. The number of H-pyrrole nitrogens is 1. The molecule has 0 aliphatic carbocycles. The summed E-state index contributed by atoms with van der Waals surface area (Å²) < 4.78 is 0. The summed E-state index contributed by atoms with van der Waals surface area (Å²) in [7, 11) is 0. The molecule has 0 saturated heterocycles. The van der Waals surface area contributed by atoms with Gasteiger partial charge >= 0.3 is 0 Å². The first-order chi connectivity index (χ1) is 11.8. The molecule has 2 aromatic heterocycles. The van der Waals surface area contributed by atoms with E-state index in [0.29, 0.717) is 6.42 Å². The van der Waals surface area contributed by atoms with Gasteiger partial charge in [0.15, 0.2) is 0 Å². The standard InChI is InChI=1S/C21H18N2O/c24-21(12-15-4-2-1-3-5-15)19-14-23-20-7-6-17(13-18(19)20)16-8-10-22-11-9-16/h1-11,13-14,21,23-24H,12H2. The van der Waals surface area contributed by atoms with Gasteiger partial charge in [-0.25, -0.2) is 0 Å². The smallest absolute Gasteiger partial charge is 0.0850 e. The van der Waals surface area contributed by atoms with Gasteiger partial charge in [-0.05, 0) is 41.0 Å². The number of nitrogens with one attached hydrogen (secondary N) is 1. The number of aromatic nitrogens is 2. The van der Waals surface area contributed by atoms with Crippen molar-refractivity contribution >= 4 is 10.9 Å². The number of hydrogen-bond donors (Lipinski definition) is 2. The van der Waals surface area contributed by atoms with E-state index in [1.807, 2.05) is 48.7 Å². The molecule has 2 heterocycles. The van der Waals surface area contributed by atoms with Crippen molar-refractivity contribution in [2.45, 2.75) is 12.5 Å². The van der Waals surface area contributed by atoms with Gasteiger partial charge in [0.1, 0.15) is 0 Å². The first kappa shape index (κ1) is 14.7. The Balaban J connectivity index is 1.71. The topological polar surface area (TPSA) is 48.9 Å². The molecule has 2 aromatic carbocycles. The summed E-state index contributed by atoms with van der Waals surface area (Å²) in [6.07, 6.45) is 5.57. The monoisotopic (exact) mass is 314 g/mol. The van der Waals surface area contributed by atoms with Gasteiger partial charge in [-0.3, -0.25) is 4.98 Å². The van der Waals surface area contributed by atoms with Crippen LogP contribution in [0.25, 0.3) is 22.0 Å². The molecule has 118 valence electrons. The molecule has 0 radical (unpaired) electrons. The van der Waals surface area contributed by atoms with Crippen LogP contribution in [0.3, 0.4) is 0 Å². The lowest BCUT2D eigenvalue weighted by atomic mass is 9.98. The van der Waals surface area contributed by atoms with Crippen molar-refractivity contribution in [2.24, 2.45) is 0 Å². The highest BCUT2D eigenvalue weighted by Crippen LogP contribution is 2.30. The minimum atomic E-state index is -0.533. The van der Waals surface area contributed by atoms with Crippen LogP contribution in [0.1, 0.15) is 17.2 Å². The fourth-order valence-electron chi connectivity index (χ4n) is 3.09. The van der Waals surface area contributed by atoms with Crippen LogP contribution in [0.15, 0.2) is 79.3 Å². The van der Waals surface area contributed by atoms with Gasteiger partial charge in [0, 0.05) is 41.5 Å². The van der Waals surface area contributed by atoms with Crippen LogP contribution in [-0.2, 0) is 6.42 Å². The van der Waals surface area contributed by atoms with Gasteiger partial charge in [0.25, 0.3) is 0 Å². The van der Waals surface area contributed by atoms with Crippen molar-refractivity contribution in [1.29, 1.82) is 0 Å². The van der Waals surface area contributed by atoms with Gasteiger partial charge in [-0.1, -0.05) is 36.4 Å². The minimum absolute atomic E-state index is 0.533. The number of benzene rings is 2. The Labute approximate surface area is 140 Å². The lowest BCUT2D eigenvalue weighted by Crippen LogP contribution is -2.00. The maximum absolute atomic E-state index is 10.7. The van der Waals surface area contributed by atoms with E-state index in [9.17, 15) is 5.11 Å². The van der Waals surface area contributed by atoms with Crippen molar-refractivity contribution in [3.8, 4) is 11.1 Å². The second-order valence-electron chi connectivity index (χ2n) is 5.95. The lowest BCUT2D eigenvalue weighted by molar-refractivity contribution is 0.180. The van der Waals surface area contributed by atoms with E-state index >= 15 is 0 Å². The average molecular weight is 314 g/mol. The number of aliphatic hydroxyl groups excluding tert-OH is 1. The second kappa shape index (κ2) is 6.30. The van der Waals surface area contributed by atoms with E-state index in [1.165, 1.54) is 0 Å². The van der Waals surface area contributed by atoms with Gasteiger partial charge in [0.2, 0.25) is 0 Å². The van der Waals surface area contributed by atoms with Crippen LogP contribution in [-0.4, -0.2) is 15.1 Å². The number of aliphatic hydroxyl groups is 1. The normalized spacial score (nSPS) is 12.4. The quantitative estimate of drug-likeness (QED) is 0.582. The number of rotatable bonds is 4. The second-order valence-corrected chi connectivity index (χ2v) is 5.95. The Morgan fingerprint density at radius 1 is 0.917 bits per heavy atom. The zero-order valence-electron chi connectivity index (χ0n) is 13.2. The van der Waals surface area contributed by atoms with E-state index < -0.39 is 6.10 Å². The van der Waals surface area contributed by atoms with E-state index in [0.717, 1.165) is 33.2 Å². The minimum Gasteiger partial charge on any atom is -0.388 e. The van der Waals surface area contributed by atoms with Crippen LogP contribution >= 0.6 is 0 Å². The molecule has 0 bridgehead atoms. The molecule has 0 aliphatic heterocycles. The molecule has 0 saturated carbocycles. The number of hydrogen-bond acceptors (Lipinski definition) is 2. The summed E-state index contributed by atoms with van der Waals surface area (Å²) in [6.45, 7) is 0. The third kappa shape index (κ3) is 2.82. The van der Waals surface area contributed by atoms with Crippen LogP contribution in [0, 0.1) is 0 Å². The molecular formula is C21H18N2O. The number of fused-ring (bicyclic) bond motifs is 1. The van der Waals surface area contributed by atoms with Crippen molar-refractivity contribution < 1.29 is 5.11 Å². The molecule has 2 N–H and O–H groups in total. The van der Waals surface area contributed by atoms with Crippen LogP contribution in [0.4, 0.5) is 0 Å². The lowest BCUT2D eigenvalue weighted by Gasteiger charge is -2.10. The average Bonchev–Trinajstić information content (AvgIpc) is 3.06. The van der Waals surface area contributed by atoms with Crippen molar-refractivity contribution in [3.63, 3.8) is 0 Å². The third-order valence-electron chi connectivity index (χ3n) is 4.36. The predicted octanol–water partition coefficient (Wildman–Crippen LogP) is 4.51. The molecule has 1 atom stereocenters. The highest BCUT2D eigenvalue weighted by molar-refractivity contribution is 5.88. The highest BCUT2D eigenvalue weighted by atomic mass is 16.3. The van der Waals surface area contributed by atoms with Gasteiger partial charge in [-0.15, -0.1) is 0 Å². The Morgan fingerprint density at radius 3 is 2.50 bits per heavy atom. The third-order valence-corrected chi connectivity index (χ3v) is 4.36. The molecule has 0 aliphatic rings. The highest BCUT2D eigenvalue weighted by Gasteiger charge is 2.14. The summed E-state index contributed by atoms with van der Waals surface area (Å²) >= 11 is 0. The Kier molecular flexibility index (Phi) is 3.85. The van der Waals surface area contributed by atoms with Crippen LogP contribution in [0.2, 0.25) is 0 Å². The van der Waals surface area contributed by atoms with E-state index in [-0.39, 0.29) is 0 Å². The molecular weight excluding hydrogens is 296 g/mol. The molecule has 24 heavy (non-hydrogen) atoms. The molecule has 4 rings (SSSR count). The zero-order chi connectivity index (χ0) is 16.4. The Bertz CT molecular complexity index is 945. The molecule has 4 aromatic rings. The zero-order valence-corrected chi connectivity index (χ0v) is 13.2. The SMILES string of the molecule is OC(Cc1ccccc1)c1c[nH]c2ccc(-c3ccncc3)cc12. The van der Waals surface area contributed by atoms with E-state index in [2.05, 4.69) is 28.2 Å². The molecule has 0 fully saturated rings. The van der Waals surface area contributed by atoms with Gasteiger partial charge in [-0.2, -0.15) is 0 Å². The Hall–Kier alpha value is -2.91. The van der Waals surface area contributed by atoms with Gasteiger partial charge < -0.3 is 10.1 Å². The molecule has 1 unspecified atom stereocenters. The summed E-state index contributed by atoms with van der Waals surface area (Å²) in [5.41, 5.74) is 5.35. The maximum Gasteiger partial charge on any atom is 0.0850 e. The number of nitrogens with zero attached hydrogens (tertiary/aromatic N) is 1. The van der Waals surface area contributed by atoms with Crippen LogP contribution < -0.4 is 0 Å². The molecule has 0 amide bonds. The predicted molar refractivity (Wildman–Crippen MR) is 96.6 cm³/mol. The van der Waals surface area contributed by atoms with Gasteiger partial charge in [0.05, 0.1) is 6.10 Å². The number of pyridine rings is 1. The van der Waals surface area contributed by atoms with E-state index in [1.54, 1.807) is 12.4 Å². The first-order valence-corrected chi connectivity index (χ1v) is 8.05. The molecule has 0 spiro atoms. The summed E-state index contributed by atoms with van der Waals surface area (Å²) in [5, 5.41) is 11.8.